The molecular weight excluding hydrogens is 446 g/mol. The van der Waals surface area contributed by atoms with E-state index < -0.39 is 0 Å². The number of guanidine groups is 1. The van der Waals surface area contributed by atoms with Crippen molar-refractivity contribution in [3.05, 3.63) is 47.3 Å². The van der Waals surface area contributed by atoms with Crippen molar-refractivity contribution in [3.8, 4) is 0 Å². The van der Waals surface area contributed by atoms with Gasteiger partial charge >= 0.3 is 0 Å². The summed E-state index contributed by atoms with van der Waals surface area (Å²) in [6.07, 6.45) is 1.98. The number of aliphatic imine (C=N–C) groups is 1. The smallest absolute Gasteiger partial charge is 0.191 e. The minimum absolute atomic E-state index is 0. The third kappa shape index (κ3) is 4.52. The number of halogens is 2. The minimum Gasteiger partial charge on any atom is -0.357 e. The van der Waals surface area contributed by atoms with E-state index in [4.69, 9.17) is 0 Å². The fraction of sp³-hybridized carbons (Fsp3) is 0.500. The second-order valence-corrected chi connectivity index (χ2v) is 6.53. The van der Waals surface area contributed by atoms with Crippen LogP contribution in [0.15, 0.2) is 29.3 Å². The summed E-state index contributed by atoms with van der Waals surface area (Å²) in [6, 6.07) is 7.05. The maximum atomic E-state index is 14.1. The quantitative estimate of drug-likeness (QED) is 0.386. The van der Waals surface area contributed by atoms with Crippen molar-refractivity contribution in [3.63, 3.8) is 0 Å². The van der Waals surface area contributed by atoms with E-state index >= 15 is 0 Å². The van der Waals surface area contributed by atoms with E-state index in [1.54, 1.807) is 6.07 Å². The summed E-state index contributed by atoms with van der Waals surface area (Å²) in [4.78, 5) is 4.58. The van der Waals surface area contributed by atoms with E-state index in [1.165, 1.54) is 6.07 Å². The van der Waals surface area contributed by atoms with Crippen LogP contribution in [0.4, 0.5) is 4.39 Å². The summed E-state index contributed by atoms with van der Waals surface area (Å²) in [5.41, 5.74) is 0.672. The van der Waals surface area contributed by atoms with Crippen molar-refractivity contribution in [2.45, 2.75) is 38.6 Å². The Kier molecular flexibility index (Phi) is 6.96. The Morgan fingerprint density at radius 2 is 2.00 bits per heavy atom. The lowest BCUT2D eigenvalue weighted by molar-refractivity contribution is 0.559. The number of hydrogen-bond acceptors (Lipinski definition) is 3. The summed E-state index contributed by atoms with van der Waals surface area (Å²) in [5.74, 6) is 2.26. The zero-order chi connectivity index (χ0) is 17.9. The lowest BCUT2D eigenvalue weighted by Gasteiger charge is -2.19. The number of nitrogens with zero attached hydrogens (tertiary/aromatic N) is 4. The van der Waals surface area contributed by atoms with Crippen LogP contribution in [-0.4, -0.2) is 33.8 Å². The average Bonchev–Trinajstić information content (AvgIpc) is 3.33. The molecule has 1 heterocycles. The van der Waals surface area contributed by atoms with E-state index in [1.807, 2.05) is 37.6 Å². The van der Waals surface area contributed by atoms with Crippen LogP contribution in [0.2, 0.25) is 0 Å². The van der Waals surface area contributed by atoms with Gasteiger partial charge in [0, 0.05) is 25.6 Å². The van der Waals surface area contributed by atoms with Crippen LogP contribution in [-0.2, 0) is 19.0 Å². The summed E-state index contributed by atoms with van der Waals surface area (Å²) in [7, 11) is 1.93. The number of nitrogens with one attached hydrogen (secondary N) is 2. The predicted molar refractivity (Wildman–Crippen MR) is 111 cm³/mol. The predicted octanol–water partition coefficient (Wildman–Crippen LogP) is 2.67. The van der Waals surface area contributed by atoms with Crippen LogP contribution < -0.4 is 10.6 Å². The molecule has 142 valence electrons. The number of benzene rings is 1. The molecule has 2 aromatic rings. The number of rotatable bonds is 6. The van der Waals surface area contributed by atoms with Gasteiger partial charge in [-0.15, -0.1) is 34.2 Å². The Morgan fingerprint density at radius 3 is 2.58 bits per heavy atom. The fourth-order valence-corrected chi connectivity index (χ4v) is 2.92. The summed E-state index contributed by atoms with van der Waals surface area (Å²) >= 11 is 0. The van der Waals surface area contributed by atoms with Crippen LogP contribution in [0.25, 0.3) is 0 Å². The highest BCUT2D eigenvalue weighted by Gasteiger charge is 2.45. The van der Waals surface area contributed by atoms with Crippen LogP contribution in [0.3, 0.4) is 0 Å². The lowest BCUT2D eigenvalue weighted by atomic mass is 9.95. The zero-order valence-corrected chi connectivity index (χ0v) is 17.8. The van der Waals surface area contributed by atoms with Crippen molar-refractivity contribution >= 4 is 29.9 Å². The topological polar surface area (TPSA) is 67.1 Å². The fourth-order valence-electron chi connectivity index (χ4n) is 2.92. The van der Waals surface area contributed by atoms with Crippen LogP contribution >= 0.6 is 24.0 Å². The van der Waals surface area contributed by atoms with Gasteiger partial charge in [-0.05, 0) is 38.3 Å². The Morgan fingerprint density at radius 1 is 1.27 bits per heavy atom. The molecule has 0 saturated heterocycles. The molecule has 0 bridgehead atoms. The molecule has 3 rings (SSSR count). The molecule has 0 radical (unpaired) electrons. The molecular formula is C18H26FIN6. The first-order valence-electron chi connectivity index (χ1n) is 8.68. The van der Waals surface area contributed by atoms with Gasteiger partial charge in [0.2, 0.25) is 0 Å². The zero-order valence-electron chi connectivity index (χ0n) is 15.4. The highest BCUT2D eigenvalue weighted by Crippen LogP contribution is 2.48. The maximum absolute atomic E-state index is 14.1. The third-order valence-corrected chi connectivity index (χ3v) is 4.80. The molecule has 0 atom stereocenters. The molecule has 0 amide bonds. The molecule has 0 aliphatic heterocycles. The molecule has 8 heteroatoms. The van der Waals surface area contributed by atoms with Crippen LogP contribution in [0, 0.1) is 12.7 Å². The second kappa shape index (κ2) is 8.79. The van der Waals surface area contributed by atoms with Crippen LogP contribution in [0.5, 0.6) is 0 Å². The number of aryl methyl sites for hydroxylation is 1. The molecule has 1 aromatic heterocycles. The van der Waals surface area contributed by atoms with E-state index in [2.05, 4.69) is 25.8 Å². The van der Waals surface area contributed by atoms with Crippen molar-refractivity contribution in [1.29, 1.82) is 0 Å². The van der Waals surface area contributed by atoms with Gasteiger partial charge < -0.3 is 15.2 Å². The van der Waals surface area contributed by atoms with Gasteiger partial charge in [0.1, 0.15) is 18.2 Å². The number of aromatic nitrogens is 3. The van der Waals surface area contributed by atoms with Crippen molar-refractivity contribution in [1.82, 2.24) is 25.4 Å². The van der Waals surface area contributed by atoms with Crippen molar-refractivity contribution in [2.75, 3.05) is 13.1 Å². The van der Waals surface area contributed by atoms with Gasteiger partial charge in [-0.25, -0.2) is 9.38 Å². The van der Waals surface area contributed by atoms with Gasteiger partial charge in [-0.1, -0.05) is 18.2 Å². The molecule has 1 aromatic carbocycles. The van der Waals surface area contributed by atoms with Gasteiger partial charge in [0.15, 0.2) is 11.8 Å². The molecule has 1 aliphatic carbocycles. The SMILES string of the molecule is CCNC(=NCc1nnc(C)n1C)NCC1(c2ccccc2F)CC1.I. The largest absolute Gasteiger partial charge is 0.357 e. The molecule has 2 N–H and O–H groups in total. The Bertz CT molecular complexity index is 769. The standard InChI is InChI=1S/C18H25FN6.HI/c1-4-20-17(21-11-16-24-23-13(2)25(16)3)22-12-18(9-10-18)14-7-5-6-8-15(14)19;/h5-8H,4,9-12H2,1-3H3,(H2,20,21,22);1H. The molecule has 26 heavy (non-hydrogen) atoms. The summed E-state index contributed by atoms with van der Waals surface area (Å²) < 4.78 is 16.0. The van der Waals surface area contributed by atoms with Gasteiger partial charge in [-0.3, -0.25) is 0 Å². The Labute approximate surface area is 170 Å². The Balaban J connectivity index is 0.00000243. The maximum Gasteiger partial charge on any atom is 0.191 e. The second-order valence-electron chi connectivity index (χ2n) is 6.53. The Hall–Kier alpha value is -1.71. The highest BCUT2D eigenvalue weighted by molar-refractivity contribution is 14.0. The minimum atomic E-state index is -0.127. The van der Waals surface area contributed by atoms with E-state index in [-0.39, 0.29) is 35.2 Å². The summed E-state index contributed by atoms with van der Waals surface area (Å²) in [6.45, 7) is 5.80. The molecule has 0 spiro atoms. The molecule has 1 fully saturated rings. The number of hydrogen-bond donors (Lipinski definition) is 2. The molecule has 6 nitrogen and oxygen atoms in total. The molecule has 0 unspecified atom stereocenters. The lowest BCUT2D eigenvalue weighted by Crippen LogP contribution is -2.41. The average molecular weight is 472 g/mol. The van der Waals surface area contributed by atoms with Gasteiger partial charge in [0.25, 0.3) is 0 Å². The first kappa shape index (κ1) is 20.6. The normalized spacial score (nSPS) is 15.3. The molecule has 1 aliphatic rings. The van der Waals surface area contributed by atoms with Gasteiger partial charge in [-0.2, -0.15) is 0 Å². The van der Waals surface area contributed by atoms with E-state index in [0.717, 1.165) is 36.6 Å². The third-order valence-electron chi connectivity index (χ3n) is 4.80. The van der Waals surface area contributed by atoms with E-state index in [0.29, 0.717) is 19.0 Å². The molecule has 1 saturated carbocycles. The first-order valence-corrected chi connectivity index (χ1v) is 8.68. The monoisotopic (exact) mass is 472 g/mol. The van der Waals surface area contributed by atoms with Crippen LogP contribution in [0.1, 0.15) is 37.0 Å². The van der Waals surface area contributed by atoms with Crippen molar-refractivity contribution < 1.29 is 4.39 Å². The van der Waals surface area contributed by atoms with Gasteiger partial charge in [0.05, 0.1) is 0 Å². The highest BCUT2D eigenvalue weighted by atomic mass is 127. The van der Waals surface area contributed by atoms with Crippen molar-refractivity contribution in [2.24, 2.45) is 12.0 Å². The van der Waals surface area contributed by atoms with E-state index in [9.17, 15) is 4.39 Å². The summed E-state index contributed by atoms with van der Waals surface area (Å²) in [5, 5.41) is 14.8. The first-order chi connectivity index (χ1) is 12.1.